The van der Waals surface area contributed by atoms with Crippen molar-refractivity contribution in [2.24, 2.45) is 0 Å². The van der Waals surface area contributed by atoms with Crippen molar-refractivity contribution >= 4 is 44.5 Å². The fourth-order valence-electron chi connectivity index (χ4n) is 2.18. The van der Waals surface area contributed by atoms with Crippen LogP contribution in [0.2, 0.25) is 5.02 Å². The number of aromatic nitrogens is 2. The summed E-state index contributed by atoms with van der Waals surface area (Å²) in [5.74, 6) is 0.229. The lowest BCUT2D eigenvalue weighted by molar-refractivity contribution is 0.0550. The van der Waals surface area contributed by atoms with Gasteiger partial charge in [0.25, 0.3) is 0 Å². The molecule has 0 bridgehead atoms. The number of nitrogens with one attached hydrogen (secondary N) is 1. The largest absolute Gasteiger partial charge is 0.458 e. The van der Waals surface area contributed by atoms with Gasteiger partial charge >= 0.3 is 5.97 Å². The average molecular weight is 392 g/mol. The molecule has 0 aliphatic rings. The number of H-pyrrole nitrogens is 1. The van der Waals surface area contributed by atoms with Crippen LogP contribution in [0, 0.1) is 0 Å². The number of imidazole rings is 1. The van der Waals surface area contributed by atoms with Crippen molar-refractivity contribution in [1.82, 2.24) is 9.97 Å². The van der Waals surface area contributed by atoms with Crippen LogP contribution in [0.15, 0.2) is 53.5 Å². The molecule has 0 saturated heterocycles. The highest BCUT2D eigenvalue weighted by Crippen LogP contribution is 2.28. The molecule has 23 heavy (non-hydrogen) atoms. The van der Waals surface area contributed by atoms with Gasteiger partial charge in [-0.3, -0.25) is 0 Å². The van der Waals surface area contributed by atoms with Gasteiger partial charge in [-0.15, -0.1) is 0 Å². The molecule has 1 aromatic heterocycles. The quantitative estimate of drug-likeness (QED) is 0.503. The zero-order valence-electron chi connectivity index (χ0n) is 12.0. The lowest BCUT2D eigenvalue weighted by Crippen LogP contribution is -2.04. The number of esters is 1. The van der Waals surface area contributed by atoms with E-state index in [-0.39, 0.29) is 6.61 Å². The highest BCUT2D eigenvalue weighted by Gasteiger charge is 2.14. The van der Waals surface area contributed by atoms with Gasteiger partial charge in [0.1, 0.15) is 17.9 Å². The van der Waals surface area contributed by atoms with Crippen molar-refractivity contribution in [2.75, 3.05) is 6.61 Å². The summed E-state index contributed by atoms with van der Waals surface area (Å²) in [6.45, 7) is 3.67. The summed E-state index contributed by atoms with van der Waals surface area (Å²) < 4.78 is 5.99. The molecule has 0 unspecified atom stereocenters. The van der Waals surface area contributed by atoms with E-state index in [0.29, 0.717) is 27.4 Å². The van der Waals surface area contributed by atoms with E-state index in [4.69, 9.17) is 16.3 Å². The average Bonchev–Trinajstić information content (AvgIpc) is 2.97. The molecule has 1 heterocycles. The molecule has 6 heteroatoms. The first kappa shape index (κ1) is 15.8. The Hall–Kier alpha value is -2.11. The molecular weight excluding hydrogens is 380 g/mol. The Morgan fingerprint density at radius 1 is 1.39 bits per heavy atom. The number of nitrogens with zero attached hydrogens (tertiary/aromatic N) is 1. The fourth-order valence-corrected chi connectivity index (χ4v) is 2.84. The maximum atomic E-state index is 12.0. The predicted molar refractivity (Wildman–Crippen MR) is 94.7 cm³/mol. The minimum absolute atomic E-state index is 0.154. The minimum Gasteiger partial charge on any atom is -0.458 e. The summed E-state index contributed by atoms with van der Waals surface area (Å²) in [6, 6.07) is 11.0. The SMILES string of the molecule is C=CCOC(=O)c1cc(Cl)c2nc(-c3cccc(Br)c3)[nH]c2c1. The van der Waals surface area contributed by atoms with Gasteiger partial charge in [0.2, 0.25) is 0 Å². The van der Waals surface area contributed by atoms with Crippen LogP contribution in [0.5, 0.6) is 0 Å². The van der Waals surface area contributed by atoms with Gasteiger partial charge in [-0.2, -0.15) is 0 Å². The van der Waals surface area contributed by atoms with Gasteiger partial charge in [-0.05, 0) is 24.3 Å². The zero-order chi connectivity index (χ0) is 16.4. The molecule has 0 fully saturated rings. The van der Waals surface area contributed by atoms with Crippen LogP contribution in [-0.2, 0) is 4.74 Å². The number of hydrogen-bond acceptors (Lipinski definition) is 3. The normalized spacial score (nSPS) is 10.7. The number of halogens is 2. The number of carbonyl (C=O) groups excluding carboxylic acids is 1. The van der Waals surface area contributed by atoms with Gasteiger partial charge in [-0.1, -0.05) is 52.3 Å². The maximum Gasteiger partial charge on any atom is 0.338 e. The summed E-state index contributed by atoms with van der Waals surface area (Å²) in [5, 5.41) is 0.394. The second-order valence-electron chi connectivity index (χ2n) is 4.84. The van der Waals surface area contributed by atoms with Crippen LogP contribution >= 0.6 is 27.5 Å². The molecule has 116 valence electrons. The van der Waals surface area contributed by atoms with Crippen molar-refractivity contribution in [3.63, 3.8) is 0 Å². The predicted octanol–water partition coefficient (Wildman–Crippen LogP) is 4.99. The van der Waals surface area contributed by atoms with Gasteiger partial charge in [0.15, 0.2) is 0 Å². The Balaban J connectivity index is 2.04. The van der Waals surface area contributed by atoms with Crippen LogP contribution in [0.25, 0.3) is 22.4 Å². The molecule has 0 radical (unpaired) electrons. The molecule has 0 amide bonds. The number of rotatable bonds is 4. The first-order valence-electron chi connectivity index (χ1n) is 6.81. The monoisotopic (exact) mass is 390 g/mol. The zero-order valence-corrected chi connectivity index (χ0v) is 14.3. The Morgan fingerprint density at radius 2 is 2.22 bits per heavy atom. The molecule has 3 rings (SSSR count). The van der Waals surface area contributed by atoms with Gasteiger partial charge in [-0.25, -0.2) is 9.78 Å². The molecule has 1 N–H and O–H groups in total. The second kappa shape index (κ2) is 6.56. The van der Waals surface area contributed by atoms with E-state index >= 15 is 0 Å². The van der Waals surface area contributed by atoms with E-state index in [1.165, 1.54) is 6.08 Å². The summed E-state index contributed by atoms with van der Waals surface area (Å²) in [7, 11) is 0. The summed E-state index contributed by atoms with van der Waals surface area (Å²) in [5.41, 5.74) is 2.58. The molecule has 3 aromatic rings. The van der Waals surface area contributed by atoms with Crippen LogP contribution in [0.3, 0.4) is 0 Å². The van der Waals surface area contributed by atoms with E-state index in [9.17, 15) is 4.79 Å². The smallest absolute Gasteiger partial charge is 0.338 e. The standard InChI is InChI=1S/C17H12BrClN2O2/c1-2-6-23-17(22)11-8-13(19)15-14(9-11)20-16(21-15)10-4-3-5-12(18)7-10/h2-5,7-9H,1,6H2,(H,20,21). The molecule has 0 atom stereocenters. The molecule has 0 aliphatic heterocycles. The molecule has 0 aliphatic carbocycles. The topological polar surface area (TPSA) is 55.0 Å². The number of ether oxygens (including phenoxy) is 1. The molecule has 0 saturated carbocycles. The van der Waals surface area contributed by atoms with Gasteiger partial charge in [0.05, 0.1) is 16.1 Å². The van der Waals surface area contributed by atoms with Crippen LogP contribution in [-0.4, -0.2) is 22.5 Å². The Kier molecular flexibility index (Phi) is 4.50. The van der Waals surface area contributed by atoms with Crippen molar-refractivity contribution in [2.45, 2.75) is 0 Å². The van der Waals surface area contributed by atoms with Gasteiger partial charge < -0.3 is 9.72 Å². The van der Waals surface area contributed by atoms with Crippen molar-refractivity contribution in [3.05, 3.63) is 64.1 Å². The second-order valence-corrected chi connectivity index (χ2v) is 6.16. The molecule has 2 aromatic carbocycles. The summed E-state index contributed by atoms with van der Waals surface area (Å²) in [6.07, 6.45) is 1.51. The van der Waals surface area contributed by atoms with Crippen LogP contribution in [0.1, 0.15) is 10.4 Å². The van der Waals surface area contributed by atoms with Crippen LogP contribution in [0.4, 0.5) is 0 Å². The highest BCUT2D eigenvalue weighted by molar-refractivity contribution is 9.10. The maximum absolute atomic E-state index is 12.0. The third-order valence-electron chi connectivity index (χ3n) is 3.21. The Morgan fingerprint density at radius 3 is 2.96 bits per heavy atom. The van der Waals surface area contributed by atoms with Crippen LogP contribution < -0.4 is 0 Å². The Labute approximate surface area is 146 Å². The van der Waals surface area contributed by atoms with E-state index < -0.39 is 5.97 Å². The van der Waals surface area contributed by atoms with E-state index in [0.717, 1.165) is 10.0 Å². The Bertz CT molecular complexity index is 905. The third-order valence-corrected chi connectivity index (χ3v) is 3.99. The van der Waals surface area contributed by atoms with E-state index in [1.54, 1.807) is 12.1 Å². The molecule has 4 nitrogen and oxygen atoms in total. The lowest BCUT2D eigenvalue weighted by Gasteiger charge is -2.02. The summed E-state index contributed by atoms with van der Waals surface area (Å²) in [4.78, 5) is 19.6. The highest BCUT2D eigenvalue weighted by atomic mass is 79.9. The van der Waals surface area contributed by atoms with E-state index in [1.807, 2.05) is 24.3 Å². The number of benzene rings is 2. The molecule has 0 spiro atoms. The van der Waals surface area contributed by atoms with Gasteiger partial charge in [0, 0.05) is 10.0 Å². The van der Waals surface area contributed by atoms with Crippen molar-refractivity contribution in [1.29, 1.82) is 0 Å². The number of carbonyl (C=O) groups is 1. The lowest BCUT2D eigenvalue weighted by atomic mass is 10.2. The third kappa shape index (κ3) is 3.30. The minimum atomic E-state index is -0.452. The molecular formula is C17H12BrClN2O2. The van der Waals surface area contributed by atoms with E-state index in [2.05, 4.69) is 32.5 Å². The first-order valence-corrected chi connectivity index (χ1v) is 7.99. The summed E-state index contributed by atoms with van der Waals surface area (Å²) >= 11 is 9.69. The first-order chi connectivity index (χ1) is 11.1. The van der Waals surface area contributed by atoms with Crippen molar-refractivity contribution in [3.8, 4) is 11.4 Å². The number of hydrogen-bond donors (Lipinski definition) is 1. The van der Waals surface area contributed by atoms with Crippen molar-refractivity contribution < 1.29 is 9.53 Å². The fraction of sp³-hybridized carbons (Fsp3) is 0.0588. The number of fused-ring (bicyclic) bond motifs is 1. The number of aromatic amines is 1.